The molecule has 0 aromatic carbocycles. The average Bonchev–Trinajstić information content (AvgIpc) is 2.46. The second kappa shape index (κ2) is 6.12. The molecule has 0 saturated heterocycles. The van der Waals surface area contributed by atoms with E-state index in [9.17, 15) is 4.79 Å². The van der Waals surface area contributed by atoms with Gasteiger partial charge in [-0.2, -0.15) is 0 Å². The zero-order valence-corrected chi connectivity index (χ0v) is 12.8. The minimum absolute atomic E-state index is 0. The number of nitrogens with one attached hydrogen (secondary N) is 1. The van der Waals surface area contributed by atoms with E-state index in [1.807, 2.05) is 13.8 Å². The number of aryl methyl sites for hydroxylation is 2. The summed E-state index contributed by atoms with van der Waals surface area (Å²) in [6.07, 6.45) is 2.59. The van der Waals surface area contributed by atoms with Crippen LogP contribution in [0.15, 0.2) is 10.5 Å². The van der Waals surface area contributed by atoms with Crippen LogP contribution in [0.4, 0.5) is 10.5 Å². The number of carbonyl (C=O) groups is 1. The first-order valence-electron chi connectivity index (χ1n) is 4.43. The Kier molecular flexibility index (Phi) is 5.78. The number of amides is 2. The summed E-state index contributed by atoms with van der Waals surface area (Å²) < 4.78 is 5.18. The van der Waals surface area contributed by atoms with Gasteiger partial charge in [0.1, 0.15) is 0 Å². The molecule has 3 N–H and O–H groups in total. The number of carbonyl (C=O) groups excluding carboxylic acids is 1. The smallest absolute Gasteiger partial charge is 0.314 e. The predicted molar refractivity (Wildman–Crippen MR) is 61.9 cm³/mol. The van der Waals surface area contributed by atoms with Crippen LogP contribution in [0.5, 0.6) is 0 Å². The van der Waals surface area contributed by atoms with E-state index in [4.69, 9.17) is 10.2 Å². The van der Waals surface area contributed by atoms with Crippen molar-refractivity contribution in [1.82, 2.24) is 4.98 Å². The second-order valence-electron chi connectivity index (χ2n) is 3.29. The van der Waals surface area contributed by atoms with E-state index in [-0.39, 0.29) is 40.1 Å². The summed E-state index contributed by atoms with van der Waals surface area (Å²) in [5, 5.41) is 3.17. The van der Waals surface area contributed by atoms with E-state index in [0.717, 1.165) is 16.8 Å². The van der Waals surface area contributed by atoms with E-state index in [1.54, 1.807) is 6.07 Å². The normalized spacial score (nSPS) is 9.29. The number of anilines is 1. The molecule has 0 saturated carbocycles. The van der Waals surface area contributed by atoms with Crippen molar-refractivity contribution in [3.8, 4) is 0 Å². The molecule has 2 aromatic rings. The van der Waals surface area contributed by atoms with E-state index in [1.165, 1.54) is 0 Å². The molecule has 0 unspecified atom stereocenters. The van der Waals surface area contributed by atoms with Gasteiger partial charge in [-0.05, 0) is 30.8 Å². The maximum atomic E-state index is 10.7. The number of primary amides is 1. The molecule has 5 nitrogen and oxygen atoms in total. The van der Waals surface area contributed by atoms with Crippen molar-refractivity contribution in [2.45, 2.75) is 13.8 Å². The van der Waals surface area contributed by atoms with Gasteiger partial charge in [-0.15, -0.1) is 0 Å². The fourth-order valence-corrected chi connectivity index (χ4v) is 1.55. The summed E-state index contributed by atoms with van der Waals surface area (Å²) in [5.74, 6) is 0. The summed E-state index contributed by atoms with van der Waals surface area (Å²) in [6.45, 7) is 3.71. The molecule has 2 heterocycles. The Labute approximate surface area is 125 Å². The number of fused-ring (bicyclic) bond motifs is 1. The average molecular weight is 308 g/mol. The molecule has 0 spiro atoms. The summed E-state index contributed by atoms with van der Waals surface area (Å²) in [6, 6.07) is 1.14. The molecule has 1 radical (unpaired) electrons. The summed E-state index contributed by atoms with van der Waals surface area (Å²) in [4.78, 5) is 15.0. The van der Waals surface area contributed by atoms with Gasteiger partial charge in [-0.25, -0.2) is 4.79 Å². The maximum absolute atomic E-state index is 10.7. The monoisotopic (exact) mass is 308 g/mol. The van der Waals surface area contributed by atoms with Crippen LogP contribution in [0, 0.1) is 27.5 Å². The number of pyridine rings is 1. The van der Waals surface area contributed by atoms with Gasteiger partial charge in [-0.1, -0.05) is 11.5 Å². The van der Waals surface area contributed by atoms with Crippen molar-refractivity contribution >= 4 is 22.7 Å². The van der Waals surface area contributed by atoms with Crippen LogP contribution in [-0.2, 0) is 32.7 Å². The van der Waals surface area contributed by atoms with Gasteiger partial charge >= 0.3 is 6.03 Å². The van der Waals surface area contributed by atoms with Crippen molar-refractivity contribution in [2.24, 2.45) is 5.73 Å². The number of nitrogens with zero attached hydrogens (tertiary/aromatic N) is 1. The molecule has 89 valence electrons. The molecule has 2 aromatic heterocycles. The number of furan rings is 1. The van der Waals surface area contributed by atoms with Crippen molar-refractivity contribution in [3.63, 3.8) is 0 Å². The van der Waals surface area contributed by atoms with Crippen LogP contribution in [0.25, 0.3) is 11.0 Å². The van der Waals surface area contributed by atoms with E-state index in [2.05, 4.69) is 16.6 Å². The van der Waals surface area contributed by atoms with Crippen LogP contribution in [0.2, 0.25) is 0 Å². The van der Waals surface area contributed by atoms with E-state index < -0.39 is 6.03 Å². The van der Waals surface area contributed by atoms with Crippen molar-refractivity contribution < 1.29 is 41.9 Å². The van der Waals surface area contributed by atoms with Gasteiger partial charge in [0, 0.05) is 44.7 Å². The third-order valence-electron chi connectivity index (χ3n) is 2.05. The maximum Gasteiger partial charge on any atom is 0.314 e. The Hall–Kier alpha value is -0.936. The Morgan fingerprint density at radius 2 is 2.18 bits per heavy atom. The van der Waals surface area contributed by atoms with E-state index in [0.29, 0.717) is 11.3 Å². The van der Waals surface area contributed by atoms with Crippen LogP contribution in [0.3, 0.4) is 0 Å². The van der Waals surface area contributed by atoms with Crippen LogP contribution in [0.1, 0.15) is 11.4 Å². The molecule has 6 heteroatoms. The van der Waals surface area contributed by atoms with Crippen LogP contribution >= 0.6 is 0 Å². The SMILES string of the molecule is Cc1cc2o[c-]c(NC(N)=O)c2c(C)n1.[CH3-].[Y]. The van der Waals surface area contributed by atoms with Gasteiger partial charge in [-0.3, -0.25) is 4.98 Å². The molecule has 17 heavy (non-hydrogen) atoms. The van der Waals surface area contributed by atoms with Gasteiger partial charge in [0.2, 0.25) is 0 Å². The molecule has 0 bridgehead atoms. The number of rotatable bonds is 1. The van der Waals surface area contributed by atoms with Crippen molar-refractivity contribution in [1.29, 1.82) is 0 Å². The standard InChI is InChI=1S/C10H10N3O2.CH3.Y/c1-5-3-8-9(6(2)12-5)7(4-15-8)13-10(11)14;;/h3H,1-2H3,(H3,11,13,14);1H3;/q2*-1;. The number of hydrogen-bond donors (Lipinski definition) is 2. The summed E-state index contributed by atoms with van der Waals surface area (Å²) in [5.41, 5.74) is 7.73. The molecule has 2 rings (SSSR count). The van der Waals surface area contributed by atoms with Crippen LogP contribution < -0.4 is 11.1 Å². The first-order chi connectivity index (χ1) is 7.08. The van der Waals surface area contributed by atoms with Gasteiger partial charge < -0.3 is 22.9 Å². The van der Waals surface area contributed by atoms with Gasteiger partial charge in [0.15, 0.2) is 0 Å². The molecule has 0 aliphatic rings. The molecule has 0 aliphatic carbocycles. The zero-order valence-electron chi connectivity index (χ0n) is 10.00. The largest absolute Gasteiger partial charge is 0.589 e. The molecular formula is C11H13N3O2Y-2. The summed E-state index contributed by atoms with van der Waals surface area (Å²) in [7, 11) is 0. The first kappa shape index (κ1) is 16.1. The van der Waals surface area contributed by atoms with Crippen LogP contribution in [-0.4, -0.2) is 11.0 Å². The fraction of sp³-hybridized carbons (Fsp3) is 0.182. The number of hydrogen-bond acceptors (Lipinski definition) is 3. The third-order valence-corrected chi connectivity index (χ3v) is 2.05. The quantitative estimate of drug-likeness (QED) is 0.792. The first-order valence-corrected chi connectivity index (χ1v) is 4.43. The molecule has 0 fully saturated rings. The van der Waals surface area contributed by atoms with Gasteiger partial charge in [0.05, 0.1) is 0 Å². The minimum atomic E-state index is -0.645. The minimum Gasteiger partial charge on any atom is -0.589 e. The number of urea groups is 1. The molecule has 0 aliphatic heterocycles. The predicted octanol–water partition coefficient (Wildman–Crippen LogP) is 2.18. The topological polar surface area (TPSA) is 81.1 Å². The number of aromatic nitrogens is 1. The van der Waals surface area contributed by atoms with Gasteiger partial charge in [0.25, 0.3) is 0 Å². The fourth-order valence-electron chi connectivity index (χ4n) is 1.55. The Morgan fingerprint density at radius 3 is 2.76 bits per heavy atom. The molecular weight excluding hydrogens is 295 g/mol. The number of nitrogens with two attached hydrogens (primary N) is 1. The zero-order chi connectivity index (χ0) is 11.0. The van der Waals surface area contributed by atoms with Crippen molar-refractivity contribution in [2.75, 3.05) is 5.32 Å². The Morgan fingerprint density at radius 1 is 1.53 bits per heavy atom. The molecule has 0 atom stereocenters. The second-order valence-corrected chi connectivity index (χ2v) is 3.29. The van der Waals surface area contributed by atoms with E-state index >= 15 is 0 Å². The Balaban J connectivity index is 0.00000128. The van der Waals surface area contributed by atoms with Crippen molar-refractivity contribution in [3.05, 3.63) is 31.1 Å². The molecule has 2 amide bonds. The third kappa shape index (κ3) is 3.26. The Bertz CT molecular complexity index is 537. The summed E-state index contributed by atoms with van der Waals surface area (Å²) >= 11 is 0.